The number of anilines is 1. The lowest BCUT2D eigenvalue weighted by atomic mass is 9.97. The standard InChI is InChI=1S/C23H24FN5O5S/c1-13(30)33-17-5-3-4-16(24)19(17)18-7-6-15-20(26-22(35-2)27-21(15)34-18)28-10-11-29(23(31)32)14(12-28)8-9-25/h3-5,14,18H,6-8,10-12H2,1-2H3,(H,31,32). The van der Waals surface area contributed by atoms with Crippen LogP contribution in [0.2, 0.25) is 0 Å². The fraction of sp³-hybridized carbons (Fsp3) is 0.435. The predicted molar refractivity (Wildman–Crippen MR) is 124 cm³/mol. The van der Waals surface area contributed by atoms with E-state index < -0.39 is 30.0 Å². The Morgan fingerprint density at radius 3 is 2.86 bits per heavy atom. The topological polar surface area (TPSA) is 129 Å². The number of piperazine rings is 1. The molecule has 1 saturated heterocycles. The SMILES string of the molecule is CSc1nc2c(c(N3CCN(C(=O)O)C(CC#N)C3)n1)CCC(c1c(F)cccc1OC(C)=O)O2. The molecular formula is C23H24FN5O5S. The van der Waals surface area contributed by atoms with E-state index in [1.165, 1.54) is 41.8 Å². The average molecular weight is 502 g/mol. The fourth-order valence-electron chi connectivity index (χ4n) is 4.43. The summed E-state index contributed by atoms with van der Waals surface area (Å²) in [5, 5.41) is 19.1. The van der Waals surface area contributed by atoms with Crippen LogP contribution >= 0.6 is 11.8 Å². The van der Waals surface area contributed by atoms with Crippen molar-refractivity contribution in [1.29, 1.82) is 5.26 Å². The van der Waals surface area contributed by atoms with Gasteiger partial charge in [-0.05, 0) is 31.2 Å². The van der Waals surface area contributed by atoms with Gasteiger partial charge in [0, 0.05) is 26.6 Å². The normalized spacial score (nSPS) is 19.4. The molecule has 2 aliphatic heterocycles. The van der Waals surface area contributed by atoms with Crippen LogP contribution in [0.4, 0.5) is 15.0 Å². The number of carbonyl (C=O) groups is 2. The summed E-state index contributed by atoms with van der Waals surface area (Å²) in [6.45, 7) is 2.20. The fourth-order valence-corrected chi connectivity index (χ4v) is 4.78. The van der Waals surface area contributed by atoms with Gasteiger partial charge in [0.05, 0.1) is 29.7 Å². The molecular weight excluding hydrogens is 477 g/mol. The number of aromatic nitrogens is 2. The van der Waals surface area contributed by atoms with Crippen molar-refractivity contribution in [2.45, 2.75) is 43.5 Å². The van der Waals surface area contributed by atoms with E-state index in [1.54, 1.807) is 0 Å². The predicted octanol–water partition coefficient (Wildman–Crippen LogP) is 3.41. The van der Waals surface area contributed by atoms with E-state index >= 15 is 0 Å². The Balaban J connectivity index is 1.67. The highest BCUT2D eigenvalue weighted by Gasteiger charge is 2.35. The van der Waals surface area contributed by atoms with Gasteiger partial charge in [0.25, 0.3) is 0 Å². The van der Waals surface area contributed by atoms with E-state index in [9.17, 15) is 24.3 Å². The van der Waals surface area contributed by atoms with Gasteiger partial charge in [-0.3, -0.25) is 4.79 Å². The first-order chi connectivity index (χ1) is 16.8. The number of benzene rings is 1. The number of carboxylic acid groups (broad SMARTS) is 1. The van der Waals surface area contributed by atoms with Crippen LogP contribution in [0.1, 0.15) is 37.0 Å². The molecule has 1 N–H and O–H groups in total. The minimum absolute atomic E-state index is 0.0657. The highest BCUT2D eigenvalue weighted by molar-refractivity contribution is 7.98. The molecule has 10 nitrogen and oxygen atoms in total. The van der Waals surface area contributed by atoms with Gasteiger partial charge in [-0.2, -0.15) is 10.2 Å². The third-order valence-electron chi connectivity index (χ3n) is 5.96. The second-order valence-corrected chi connectivity index (χ2v) is 8.92. The highest BCUT2D eigenvalue weighted by Crippen LogP contribution is 2.42. The number of hydrogen-bond acceptors (Lipinski definition) is 9. The molecule has 2 aromatic rings. The van der Waals surface area contributed by atoms with Crippen molar-refractivity contribution < 1.29 is 28.6 Å². The molecule has 2 aliphatic rings. The summed E-state index contributed by atoms with van der Waals surface area (Å²) in [6.07, 6.45) is 0.983. The Bertz CT molecular complexity index is 1190. The molecule has 1 aromatic heterocycles. The Morgan fingerprint density at radius 1 is 1.37 bits per heavy atom. The molecule has 2 unspecified atom stereocenters. The van der Waals surface area contributed by atoms with Crippen LogP contribution in [0, 0.1) is 17.1 Å². The molecule has 0 spiro atoms. The van der Waals surface area contributed by atoms with Crippen molar-refractivity contribution in [3.05, 3.63) is 35.1 Å². The molecule has 1 fully saturated rings. The maximum atomic E-state index is 14.8. The Morgan fingerprint density at radius 2 is 2.17 bits per heavy atom. The zero-order valence-corrected chi connectivity index (χ0v) is 20.0. The maximum absolute atomic E-state index is 14.8. The van der Waals surface area contributed by atoms with E-state index in [0.717, 1.165) is 5.56 Å². The van der Waals surface area contributed by atoms with Gasteiger partial charge in [-0.25, -0.2) is 14.2 Å². The number of hydrogen-bond donors (Lipinski definition) is 1. The first-order valence-electron chi connectivity index (χ1n) is 11.0. The van der Waals surface area contributed by atoms with E-state index in [2.05, 4.69) is 16.0 Å². The number of esters is 1. The highest BCUT2D eigenvalue weighted by atomic mass is 32.2. The van der Waals surface area contributed by atoms with Crippen molar-refractivity contribution in [1.82, 2.24) is 14.9 Å². The number of nitriles is 1. The first-order valence-corrected chi connectivity index (χ1v) is 12.2. The summed E-state index contributed by atoms with van der Waals surface area (Å²) in [5.74, 6) is -0.0606. The van der Waals surface area contributed by atoms with Crippen molar-refractivity contribution >= 4 is 29.6 Å². The second-order valence-electron chi connectivity index (χ2n) is 8.15. The molecule has 0 radical (unpaired) electrons. The van der Waals surface area contributed by atoms with Crippen molar-refractivity contribution in [2.24, 2.45) is 0 Å². The number of nitrogens with zero attached hydrogens (tertiary/aromatic N) is 5. The van der Waals surface area contributed by atoms with Gasteiger partial charge in [0.1, 0.15) is 23.5 Å². The van der Waals surface area contributed by atoms with Crippen molar-refractivity contribution in [3.63, 3.8) is 0 Å². The number of halogens is 1. The summed E-state index contributed by atoms with van der Waals surface area (Å²) in [4.78, 5) is 35.5. The third-order valence-corrected chi connectivity index (χ3v) is 6.51. The quantitative estimate of drug-likeness (QED) is 0.282. The van der Waals surface area contributed by atoms with E-state index in [4.69, 9.17) is 9.47 Å². The smallest absolute Gasteiger partial charge is 0.407 e. The molecule has 1 amide bonds. The van der Waals surface area contributed by atoms with E-state index in [0.29, 0.717) is 42.8 Å². The van der Waals surface area contributed by atoms with Crippen LogP contribution in [0.5, 0.6) is 11.6 Å². The summed E-state index contributed by atoms with van der Waals surface area (Å²) in [7, 11) is 0. The molecule has 1 aromatic carbocycles. The van der Waals surface area contributed by atoms with Crippen LogP contribution in [0.25, 0.3) is 0 Å². The number of amides is 1. The first kappa shape index (κ1) is 24.5. The molecule has 0 bridgehead atoms. The Hall–Kier alpha value is -3.59. The molecule has 0 aliphatic carbocycles. The molecule has 3 heterocycles. The van der Waals surface area contributed by atoms with Crippen LogP contribution in [0.3, 0.4) is 0 Å². The summed E-state index contributed by atoms with van der Waals surface area (Å²) in [6, 6.07) is 5.85. The molecule has 184 valence electrons. The number of rotatable bonds is 5. The van der Waals surface area contributed by atoms with Crippen LogP contribution in [-0.2, 0) is 11.2 Å². The minimum Gasteiger partial charge on any atom is -0.469 e. The summed E-state index contributed by atoms with van der Waals surface area (Å²) >= 11 is 1.32. The van der Waals surface area contributed by atoms with Crippen LogP contribution < -0.4 is 14.4 Å². The Kier molecular flexibility index (Phi) is 7.25. The molecule has 4 rings (SSSR count). The number of thioether (sulfide) groups is 1. The number of carbonyl (C=O) groups excluding carboxylic acids is 1. The van der Waals surface area contributed by atoms with Gasteiger partial charge in [0.2, 0.25) is 5.88 Å². The lowest BCUT2D eigenvalue weighted by molar-refractivity contribution is -0.132. The Labute approximate surface area is 205 Å². The molecule has 0 saturated carbocycles. The lowest BCUT2D eigenvalue weighted by Crippen LogP contribution is -2.55. The van der Waals surface area contributed by atoms with Gasteiger partial charge in [0.15, 0.2) is 5.16 Å². The zero-order valence-electron chi connectivity index (χ0n) is 19.2. The second kappa shape index (κ2) is 10.4. The van der Waals surface area contributed by atoms with Crippen molar-refractivity contribution in [2.75, 3.05) is 30.8 Å². The van der Waals surface area contributed by atoms with Crippen LogP contribution in [0.15, 0.2) is 23.4 Å². The third kappa shape index (κ3) is 5.09. The van der Waals surface area contributed by atoms with Gasteiger partial charge in [-0.15, -0.1) is 0 Å². The average Bonchev–Trinajstić information content (AvgIpc) is 2.82. The monoisotopic (exact) mass is 501 g/mol. The maximum Gasteiger partial charge on any atom is 0.407 e. The molecule has 35 heavy (non-hydrogen) atoms. The van der Waals surface area contributed by atoms with Gasteiger partial charge < -0.3 is 24.4 Å². The summed E-state index contributed by atoms with van der Waals surface area (Å²) < 4.78 is 26.2. The van der Waals surface area contributed by atoms with E-state index in [-0.39, 0.29) is 24.3 Å². The van der Waals surface area contributed by atoms with Crippen LogP contribution in [-0.4, -0.2) is 64.0 Å². The molecule has 12 heteroatoms. The summed E-state index contributed by atoms with van der Waals surface area (Å²) in [5.41, 5.74) is 0.896. The molecule has 2 atom stereocenters. The lowest BCUT2D eigenvalue weighted by Gasteiger charge is -2.40. The van der Waals surface area contributed by atoms with E-state index in [1.807, 2.05) is 11.2 Å². The number of ether oxygens (including phenoxy) is 2. The zero-order chi connectivity index (χ0) is 25.1. The number of fused-ring (bicyclic) bond motifs is 1. The largest absolute Gasteiger partial charge is 0.469 e. The van der Waals surface area contributed by atoms with Gasteiger partial charge in [-0.1, -0.05) is 17.8 Å². The van der Waals surface area contributed by atoms with Gasteiger partial charge >= 0.3 is 12.1 Å². The van der Waals surface area contributed by atoms with Crippen molar-refractivity contribution in [3.8, 4) is 17.7 Å². The minimum atomic E-state index is -1.06.